The summed E-state index contributed by atoms with van der Waals surface area (Å²) in [5.41, 5.74) is 6.82. The van der Waals surface area contributed by atoms with Gasteiger partial charge in [0.25, 0.3) is 5.91 Å². The molecule has 0 unspecified atom stereocenters. The predicted molar refractivity (Wildman–Crippen MR) is 85.6 cm³/mol. The fourth-order valence-electron chi connectivity index (χ4n) is 2.08. The summed E-state index contributed by atoms with van der Waals surface area (Å²) in [4.78, 5) is 14.2. The summed E-state index contributed by atoms with van der Waals surface area (Å²) in [5, 5.41) is 0.745. The number of nitrogens with two attached hydrogens (primary N) is 1. The molecule has 5 heteroatoms. The van der Waals surface area contributed by atoms with E-state index in [1.54, 1.807) is 11.0 Å². The molecule has 0 radical (unpaired) electrons. The van der Waals surface area contributed by atoms with E-state index >= 15 is 0 Å². The maximum Gasteiger partial charge on any atom is 0.289 e. The monoisotopic (exact) mass is 304 g/mol. The number of thioether (sulfide) groups is 1. The van der Waals surface area contributed by atoms with Crippen LogP contribution in [-0.2, 0) is 6.42 Å². The van der Waals surface area contributed by atoms with Crippen molar-refractivity contribution in [3.63, 3.8) is 0 Å². The van der Waals surface area contributed by atoms with Crippen molar-refractivity contribution in [3.05, 3.63) is 53.8 Å². The zero-order valence-corrected chi connectivity index (χ0v) is 12.9. The molecule has 0 bridgehead atoms. The Balaban J connectivity index is 2.02. The zero-order valence-electron chi connectivity index (χ0n) is 12.1. The van der Waals surface area contributed by atoms with Crippen LogP contribution in [0.25, 0.3) is 0 Å². The molecule has 0 spiro atoms. The smallest absolute Gasteiger partial charge is 0.289 e. The van der Waals surface area contributed by atoms with Crippen molar-refractivity contribution < 1.29 is 9.21 Å². The minimum atomic E-state index is -0.100. The van der Waals surface area contributed by atoms with Gasteiger partial charge in [0.15, 0.2) is 10.9 Å². The lowest BCUT2D eigenvalue weighted by Crippen LogP contribution is -2.36. The van der Waals surface area contributed by atoms with Crippen molar-refractivity contribution >= 4 is 17.7 Å². The first-order valence-corrected chi connectivity index (χ1v) is 8.14. The van der Waals surface area contributed by atoms with E-state index in [1.165, 1.54) is 17.3 Å². The Labute approximate surface area is 129 Å². The van der Waals surface area contributed by atoms with Crippen LogP contribution >= 0.6 is 11.8 Å². The number of rotatable bonds is 7. The highest BCUT2D eigenvalue weighted by molar-refractivity contribution is 7.98. The standard InChI is InChI=1S/C16H20N2O2S/c1-21-15-8-7-14(20-15)16(19)18(12-10-17)11-9-13-5-3-2-4-6-13/h2-8H,9-12,17H2,1H3. The normalized spacial score (nSPS) is 10.6. The van der Waals surface area contributed by atoms with Crippen LogP contribution in [0.4, 0.5) is 0 Å². The van der Waals surface area contributed by atoms with Crippen LogP contribution < -0.4 is 5.73 Å². The van der Waals surface area contributed by atoms with Crippen molar-refractivity contribution in [1.82, 2.24) is 4.90 Å². The summed E-state index contributed by atoms with van der Waals surface area (Å²) in [6, 6.07) is 13.6. The van der Waals surface area contributed by atoms with Gasteiger partial charge in [0.2, 0.25) is 0 Å². The van der Waals surface area contributed by atoms with Crippen molar-refractivity contribution in [2.75, 3.05) is 25.9 Å². The molecule has 0 saturated carbocycles. The van der Waals surface area contributed by atoms with Crippen molar-refractivity contribution in [2.24, 2.45) is 5.73 Å². The van der Waals surface area contributed by atoms with Crippen LogP contribution in [0.1, 0.15) is 16.1 Å². The first-order valence-electron chi connectivity index (χ1n) is 6.91. The first kappa shape index (κ1) is 15.7. The summed E-state index contributed by atoms with van der Waals surface area (Å²) < 4.78 is 5.50. The van der Waals surface area contributed by atoms with Gasteiger partial charge in [-0.3, -0.25) is 4.79 Å². The molecule has 1 heterocycles. The average Bonchev–Trinajstić information content (AvgIpc) is 3.01. The minimum absolute atomic E-state index is 0.100. The van der Waals surface area contributed by atoms with E-state index in [2.05, 4.69) is 12.1 Å². The summed E-state index contributed by atoms with van der Waals surface area (Å²) in [6.07, 6.45) is 2.73. The number of benzene rings is 1. The van der Waals surface area contributed by atoms with Crippen LogP contribution in [-0.4, -0.2) is 36.7 Å². The Morgan fingerprint density at radius 1 is 1.19 bits per heavy atom. The van der Waals surface area contributed by atoms with Crippen molar-refractivity contribution in [3.8, 4) is 0 Å². The molecule has 4 nitrogen and oxygen atoms in total. The predicted octanol–water partition coefficient (Wildman–Crippen LogP) is 2.65. The van der Waals surface area contributed by atoms with E-state index in [4.69, 9.17) is 10.2 Å². The molecule has 0 fully saturated rings. The van der Waals surface area contributed by atoms with Crippen LogP contribution in [0.5, 0.6) is 0 Å². The van der Waals surface area contributed by atoms with E-state index < -0.39 is 0 Å². The van der Waals surface area contributed by atoms with Gasteiger partial charge in [0.1, 0.15) is 0 Å². The van der Waals surface area contributed by atoms with E-state index in [1.807, 2.05) is 30.5 Å². The van der Waals surface area contributed by atoms with Gasteiger partial charge in [0.05, 0.1) is 0 Å². The van der Waals surface area contributed by atoms with Gasteiger partial charge < -0.3 is 15.1 Å². The Bertz CT molecular complexity index is 569. The Morgan fingerprint density at radius 2 is 1.95 bits per heavy atom. The summed E-state index contributed by atoms with van der Waals surface area (Å²) >= 11 is 1.48. The van der Waals surface area contributed by atoms with Crippen LogP contribution in [0.15, 0.2) is 52.0 Å². The second-order valence-corrected chi connectivity index (χ2v) is 5.45. The summed E-state index contributed by atoms with van der Waals surface area (Å²) in [6.45, 7) is 1.60. The second-order valence-electron chi connectivity index (χ2n) is 4.64. The number of furan rings is 1. The quantitative estimate of drug-likeness (QED) is 0.799. The number of amides is 1. The lowest BCUT2D eigenvalue weighted by Gasteiger charge is -2.20. The molecule has 1 amide bonds. The fraction of sp³-hybridized carbons (Fsp3) is 0.312. The van der Waals surface area contributed by atoms with Gasteiger partial charge in [-0.15, -0.1) is 0 Å². The topological polar surface area (TPSA) is 59.5 Å². The van der Waals surface area contributed by atoms with Gasteiger partial charge in [-0.25, -0.2) is 0 Å². The largest absolute Gasteiger partial charge is 0.445 e. The molecule has 21 heavy (non-hydrogen) atoms. The Hall–Kier alpha value is -1.72. The van der Waals surface area contributed by atoms with Gasteiger partial charge in [0, 0.05) is 19.6 Å². The third-order valence-electron chi connectivity index (χ3n) is 3.19. The summed E-state index contributed by atoms with van der Waals surface area (Å²) in [5.74, 6) is 0.276. The van der Waals surface area contributed by atoms with E-state index in [0.717, 1.165) is 11.5 Å². The second kappa shape index (κ2) is 7.90. The molecule has 112 valence electrons. The third kappa shape index (κ3) is 4.37. The average molecular weight is 304 g/mol. The lowest BCUT2D eigenvalue weighted by atomic mass is 10.1. The molecule has 0 aliphatic heterocycles. The number of hydrogen-bond donors (Lipinski definition) is 1. The highest BCUT2D eigenvalue weighted by Gasteiger charge is 2.18. The van der Waals surface area contributed by atoms with Crippen LogP contribution in [0.2, 0.25) is 0 Å². The molecule has 0 atom stereocenters. The van der Waals surface area contributed by atoms with Gasteiger partial charge in [-0.05, 0) is 30.4 Å². The lowest BCUT2D eigenvalue weighted by molar-refractivity contribution is 0.0724. The van der Waals surface area contributed by atoms with Gasteiger partial charge in [-0.1, -0.05) is 42.1 Å². The molecular weight excluding hydrogens is 284 g/mol. The van der Waals surface area contributed by atoms with E-state index in [-0.39, 0.29) is 5.91 Å². The molecule has 2 N–H and O–H groups in total. The molecule has 0 aliphatic carbocycles. The highest BCUT2D eigenvalue weighted by Crippen LogP contribution is 2.19. The van der Waals surface area contributed by atoms with E-state index in [0.29, 0.717) is 25.4 Å². The SMILES string of the molecule is CSc1ccc(C(=O)N(CCN)CCc2ccccc2)o1. The van der Waals surface area contributed by atoms with Crippen molar-refractivity contribution in [2.45, 2.75) is 11.5 Å². The third-order valence-corrected chi connectivity index (χ3v) is 3.81. The number of nitrogens with zero attached hydrogens (tertiary/aromatic N) is 1. The Kier molecular flexibility index (Phi) is 5.90. The highest BCUT2D eigenvalue weighted by atomic mass is 32.2. The number of hydrogen-bond acceptors (Lipinski definition) is 4. The minimum Gasteiger partial charge on any atom is -0.445 e. The molecule has 1 aromatic heterocycles. The molecule has 2 rings (SSSR count). The maximum absolute atomic E-state index is 12.5. The first-order chi connectivity index (χ1) is 10.2. The molecular formula is C16H20N2O2S. The van der Waals surface area contributed by atoms with E-state index in [9.17, 15) is 4.79 Å². The number of carbonyl (C=O) groups excluding carboxylic acids is 1. The number of carbonyl (C=O) groups is 1. The molecule has 2 aromatic rings. The van der Waals surface area contributed by atoms with Gasteiger partial charge in [-0.2, -0.15) is 0 Å². The molecule has 0 aliphatic rings. The Morgan fingerprint density at radius 3 is 2.57 bits per heavy atom. The molecule has 0 saturated heterocycles. The van der Waals surface area contributed by atoms with Crippen LogP contribution in [0.3, 0.4) is 0 Å². The van der Waals surface area contributed by atoms with Crippen LogP contribution in [0, 0.1) is 0 Å². The maximum atomic E-state index is 12.5. The zero-order chi connectivity index (χ0) is 15.1. The van der Waals surface area contributed by atoms with Crippen molar-refractivity contribution in [1.29, 1.82) is 0 Å². The molecule has 1 aromatic carbocycles. The summed E-state index contributed by atoms with van der Waals surface area (Å²) in [7, 11) is 0. The fourth-order valence-corrected chi connectivity index (χ4v) is 2.46. The van der Waals surface area contributed by atoms with Gasteiger partial charge >= 0.3 is 0 Å².